The second-order valence-electron chi connectivity index (χ2n) is 7.72. The van der Waals surface area contributed by atoms with E-state index in [0.717, 1.165) is 55.5 Å². The molecule has 1 aliphatic rings. The van der Waals surface area contributed by atoms with Gasteiger partial charge in [0.15, 0.2) is 0 Å². The number of carbonyl (C=O) groups is 1. The first kappa shape index (κ1) is 23.2. The molecule has 2 aromatic carbocycles. The van der Waals surface area contributed by atoms with Gasteiger partial charge in [0.25, 0.3) is 0 Å². The summed E-state index contributed by atoms with van der Waals surface area (Å²) in [5.74, 6) is -0.163. The number of ether oxygens (including phenoxy) is 1. The van der Waals surface area contributed by atoms with Crippen LogP contribution in [0.25, 0.3) is 0 Å². The summed E-state index contributed by atoms with van der Waals surface area (Å²) < 4.78 is 48.0. The molecule has 1 aliphatic carbocycles. The van der Waals surface area contributed by atoms with Crippen LogP contribution in [0, 0.1) is 11.7 Å². The van der Waals surface area contributed by atoms with Gasteiger partial charge in [-0.1, -0.05) is 31.4 Å². The summed E-state index contributed by atoms with van der Waals surface area (Å²) >= 11 is 0. The van der Waals surface area contributed by atoms with E-state index in [4.69, 9.17) is 8.92 Å². The molecule has 3 rings (SSSR count). The molecule has 0 radical (unpaired) electrons. The average Bonchev–Trinajstić information content (AvgIpc) is 2.78. The SMILES string of the molecule is COCCN(Cc1ccc(OS(=O)(=O)c2ccc(F)cc2)cc1)C(=O)C1CCCCC1. The van der Waals surface area contributed by atoms with Crippen LogP contribution in [0.4, 0.5) is 4.39 Å². The molecule has 0 unspecified atom stereocenters. The Kier molecular flexibility index (Phi) is 8.03. The van der Waals surface area contributed by atoms with Crippen LogP contribution in [0.1, 0.15) is 37.7 Å². The molecule has 0 aliphatic heterocycles. The number of carbonyl (C=O) groups excluding carboxylic acids is 1. The standard InChI is InChI=1S/C23H28FNO5S/c1-29-16-15-25(23(26)19-5-3-2-4-6-19)17-18-7-11-21(12-8-18)30-31(27,28)22-13-9-20(24)10-14-22/h7-14,19H,2-6,15-17H2,1H3. The minimum atomic E-state index is -4.05. The highest BCUT2D eigenvalue weighted by molar-refractivity contribution is 7.87. The second kappa shape index (κ2) is 10.7. The summed E-state index contributed by atoms with van der Waals surface area (Å²) in [5, 5.41) is 0. The van der Waals surface area contributed by atoms with E-state index < -0.39 is 15.9 Å². The van der Waals surface area contributed by atoms with Gasteiger partial charge in [-0.15, -0.1) is 0 Å². The van der Waals surface area contributed by atoms with Crippen LogP contribution in [-0.4, -0.2) is 39.5 Å². The van der Waals surface area contributed by atoms with Crippen molar-refractivity contribution in [3.63, 3.8) is 0 Å². The molecular weight excluding hydrogens is 421 g/mol. The summed E-state index contributed by atoms with van der Waals surface area (Å²) in [4.78, 5) is 14.7. The van der Waals surface area contributed by atoms with E-state index in [1.165, 1.54) is 6.42 Å². The fourth-order valence-corrected chi connectivity index (χ4v) is 4.65. The number of benzene rings is 2. The van der Waals surface area contributed by atoms with E-state index in [1.807, 2.05) is 4.90 Å². The lowest BCUT2D eigenvalue weighted by atomic mass is 9.88. The summed E-state index contributed by atoms with van der Waals surface area (Å²) in [7, 11) is -2.45. The van der Waals surface area contributed by atoms with Gasteiger partial charge in [-0.25, -0.2) is 4.39 Å². The van der Waals surface area contributed by atoms with E-state index in [0.29, 0.717) is 19.7 Å². The molecule has 6 nitrogen and oxygen atoms in total. The quantitative estimate of drug-likeness (QED) is 0.538. The van der Waals surface area contributed by atoms with Crippen molar-refractivity contribution >= 4 is 16.0 Å². The Labute approximate surface area is 183 Å². The molecule has 8 heteroatoms. The Morgan fingerprint density at radius 2 is 1.68 bits per heavy atom. The third-order valence-electron chi connectivity index (χ3n) is 5.44. The first-order valence-corrected chi connectivity index (χ1v) is 11.9. The molecule has 0 heterocycles. The highest BCUT2D eigenvalue weighted by Crippen LogP contribution is 2.26. The van der Waals surface area contributed by atoms with Gasteiger partial charge in [-0.05, 0) is 54.8 Å². The van der Waals surface area contributed by atoms with Gasteiger partial charge in [0.2, 0.25) is 5.91 Å². The van der Waals surface area contributed by atoms with E-state index >= 15 is 0 Å². The van der Waals surface area contributed by atoms with Gasteiger partial charge in [-0.3, -0.25) is 4.79 Å². The molecule has 1 fully saturated rings. The number of hydrogen-bond acceptors (Lipinski definition) is 5. The van der Waals surface area contributed by atoms with Crippen molar-refractivity contribution in [1.29, 1.82) is 0 Å². The Hall–Kier alpha value is -2.45. The van der Waals surface area contributed by atoms with Crippen molar-refractivity contribution in [2.45, 2.75) is 43.5 Å². The van der Waals surface area contributed by atoms with Crippen LogP contribution >= 0.6 is 0 Å². The van der Waals surface area contributed by atoms with Crippen molar-refractivity contribution < 1.29 is 26.5 Å². The highest BCUT2D eigenvalue weighted by atomic mass is 32.2. The molecule has 0 spiro atoms. The Morgan fingerprint density at radius 1 is 1.03 bits per heavy atom. The van der Waals surface area contributed by atoms with Crippen molar-refractivity contribution in [3.8, 4) is 5.75 Å². The minimum Gasteiger partial charge on any atom is -0.383 e. The summed E-state index contributed by atoms with van der Waals surface area (Å²) in [6.45, 7) is 1.38. The average molecular weight is 450 g/mol. The zero-order valence-electron chi connectivity index (χ0n) is 17.6. The van der Waals surface area contributed by atoms with E-state index in [-0.39, 0.29) is 22.5 Å². The maximum Gasteiger partial charge on any atom is 0.339 e. The predicted octanol–water partition coefficient (Wildman–Crippen LogP) is 4.15. The molecule has 168 valence electrons. The topological polar surface area (TPSA) is 72.9 Å². The number of hydrogen-bond donors (Lipinski definition) is 0. The van der Waals surface area contributed by atoms with Crippen LogP contribution in [0.15, 0.2) is 53.4 Å². The summed E-state index contributed by atoms with van der Waals surface area (Å²) in [6, 6.07) is 11.0. The lowest BCUT2D eigenvalue weighted by Gasteiger charge is -2.29. The van der Waals surface area contributed by atoms with Gasteiger partial charge < -0.3 is 13.8 Å². The fourth-order valence-electron chi connectivity index (χ4n) is 3.72. The molecular formula is C23H28FNO5S. The molecule has 0 aromatic heterocycles. The minimum absolute atomic E-state index is 0.0639. The fraction of sp³-hybridized carbons (Fsp3) is 0.435. The van der Waals surface area contributed by atoms with Crippen LogP contribution in [0.5, 0.6) is 5.75 Å². The van der Waals surface area contributed by atoms with E-state index in [9.17, 15) is 17.6 Å². The van der Waals surface area contributed by atoms with Gasteiger partial charge in [0, 0.05) is 26.1 Å². The maximum absolute atomic E-state index is 13.0. The van der Waals surface area contributed by atoms with E-state index in [1.54, 1.807) is 31.4 Å². The third kappa shape index (κ3) is 6.51. The lowest BCUT2D eigenvalue weighted by Crippen LogP contribution is -2.38. The van der Waals surface area contributed by atoms with Gasteiger partial charge in [-0.2, -0.15) is 8.42 Å². The smallest absolute Gasteiger partial charge is 0.339 e. The Bertz CT molecular complexity index is 954. The van der Waals surface area contributed by atoms with E-state index in [2.05, 4.69) is 0 Å². The predicted molar refractivity (Wildman–Crippen MR) is 115 cm³/mol. The molecule has 1 saturated carbocycles. The Balaban J connectivity index is 1.67. The highest BCUT2D eigenvalue weighted by Gasteiger charge is 2.26. The van der Waals surface area contributed by atoms with Crippen molar-refractivity contribution in [3.05, 3.63) is 59.9 Å². The number of amides is 1. The van der Waals surface area contributed by atoms with Gasteiger partial charge in [0.1, 0.15) is 16.5 Å². The number of halogens is 1. The first-order chi connectivity index (χ1) is 14.9. The Morgan fingerprint density at radius 3 is 2.29 bits per heavy atom. The molecule has 0 bridgehead atoms. The van der Waals surface area contributed by atoms with Crippen LogP contribution in [0.2, 0.25) is 0 Å². The lowest BCUT2D eigenvalue weighted by molar-refractivity contribution is -0.137. The summed E-state index contributed by atoms with van der Waals surface area (Å²) in [6.07, 6.45) is 5.21. The van der Waals surface area contributed by atoms with Gasteiger partial charge >= 0.3 is 10.1 Å². The molecule has 0 saturated heterocycles. The monoisotopic (exact) mass is 449 g/mol. The molecule has 1 amide bonds. The zero-order chi connectivity index (χ0) is 22.3. The zero-order valence-corrected chi connectivity index (χ0v) is 18.4. The van der Waals surface area contributed by atoms with Crippen LogP contribution in [-0.2, 0) is 26.2 Å². The largest absolute Gasteiger partial charge is 0.383 e. The molecule has 31 heavy (non-hydrogen) atoms. The van der Waals surface area contributed by atoms with Crippen LogP contribution in [0.3, 0.4) is 0 Å². The normalized spacial score (nSPS) is 14.9. The van der Waals surface area contributed by atoms with Gasteiger partial charge in [0.05, 0.1) is 6.61 Å². The first-order valence-electron chi connectivity index (χ1n) is 10.5. The maximum atomic E-state index is 13.0. The molecule has 0 atom stereocenters. The van der Waals surface area contributed by atoms with Crippen LogP contribution < -0.4 is 4.18 Å². The van der Waals surface area contributed by atoms with Crippen molar-refractivity contribution in [2.24, 2.45) is 5.92 Å². The molecule has 0 N–H and O–H groups in total. The third-order valence-corrected chi connectivity index (χ3v) is 6.70. The van der Waals surface area contributed by atoms with Crippen molar-refractivity contribution in [2.75, 3.05) is 20.3 Å². The number of nitrogens with zero attached hydrogens (tertiary/aromatic N) is 1. The second-order valence-corrected chi connectivity index (χ2v) is 9.27. The van der Waals surface area contributed by atoms with Crippen molar-refractivity contribution in [1.82, 2.24) is 4.90 Å². The molecule has 2 aromatic rings. The number of methoxy groups -OCH3 is 1. The summed E-state index contributed by atoms with van der Waals surface area (Å²) in [5.41, 5.74) is 0.867. The number of rotatable bonds is 9.